The first-order chi connectivity index (χ1) is 8.95. The number of aromatic carboxylic acids is 1. The van der Waals surface area contributed by atoms with Crippen LogP contribution in [0.3, 0.4) is 0 Å². The number of carbonyl (C=O) groups is 1. The van der Waals surface area contributed by atoms with Gasteiger partial charge in [0.25, 0.3) is 0 Å². The summed E-state index contributed by atoms with van der Waals surface area (Å²) in [6.45, 7) is 9.41. The summed E-state index contributed by atoms with van der Waals surface area (Å²) in [7, 11) is 0. The fourth-order valence-corrected chi connectivity index (χ4v) is 2.68. The van der Waals surface area contributed by atoms with Crippen molar-refractivity contribution in [1.29, 1.82) is 0 Å². The van der Waals surface area contributed by atoms with Crippen molar-refractivity contribution in [2.24, 2.45) is 0 Å². The number of nitrogens with zero attached hydrogens (tertiary/aromatic N) is 1. The zero-order valence-electron chi connectivity index (χ0n) is 12.0. The molecule has 0 atom stereocenters. The molecule has 0 unspecified atom stereocenters. The molecule has 0 aliphatic heterocycles. The fraction of sp³-hybridized carbons (Fsp3) is 0.438. The highest BCUT2D eigenvalue weighted by atomic mass is 16.4. The number of aromatic nitrogens is 1. The maximum absolute atomic E-state index is 11.2. The Bertz CT molecular complexity index is 623. The average Bonchev–Trinajstić information content (AvgIpc) is 2.69. The number of rotatable bonds is 4. The van der Waals surface area contributed by atoms with Crippen molar-refractivity contribution in [2.45, 2.75) is 46.6 Å². The Morgan fingerprint density at radius 1 is 1.37 bits per heavy atom. The summed E-state index contributed by atoms with van der Waals surface area (Å²) in [4.78, 5) is 11.2. The van der Waals surface area contributed by atoms with E-state index in [0.29, 0.717) is 11.5 Å². The van der Waals surface area contributed by atoms with Crippen LogP contribution in [0.15, 0.2) is 18.3 Å². The summed E-state index contributed by atoms with van der Waals surface area (Å²) in [5.74, 6) is -0.466. The molecule has 1 N–H and O–H groups in total. The molecule has 1 aromatic carbocycles. The van der Waals surface area contributed by atoms with Crippen LogP contribution in [0.2, 0.25) is 0 Å². The van der Waals surface area contributed by atoms with Crippen molar-refractivity contribution in [3.8, 4) is 0 Å². The van der Waals surface area contributed by atoms with Crippen molar-refractivity contribution in [1.82, 2.24) is 4.57 Å². The minimum atomic E-state index is -0.858. The SMILES string of the molecule is CCCn1cc(C(C)C)c2cc(C(=O)O)cc(C)c21. The first-order valence-corrected chi connectivity index (χ1v) is 6.82. The first kappa shape index (κ1) is 13.7. The number of carboxylic acid groups (broad SMARTS) is 1. The predicted octanol–water partition coefficient (Wildman–Crippen LogP) is 4.18. The summed E-state index contributed by atoms with van der Waals surface area (Å²) >= 11 is 0. The Morgan fingerprint density at radius 2 is 2.05 bits per heavy atom. The zero-order chi connectivity index (χ0) is 14.2. The van der Waals surface area contributed by atoms with E-state index < -0.39 is 5.97 Å². The molecule has 0 aliphatic carbocycles. The molecule has 1 heterocycles. The normalized spacial score (nSPS) is 11.4. The third-order valence-corrected chi connectivity index (χ3v) is 3.53. The summed E-state index contributed by atoms with van der Waals surface area (Å²) in [5.41, 5.74) is 3.82. The highest BCUT2D eigenvalue weighted by Crippen LogP contribution is 2.31. The lowest BCUT2D eigenvalue weighted by molar-refractivity contribution is 0.0697. The number of carboxylic acids is 1. The second kappa shape index (κ2) is 5.08. The third-order valence-electron chi connectivity index (χ3n) is 3.53. The van der Waals surface area contributed by atoms with Gasteiger partial charge in [-0.1, -0.05) is 20.8 Å². The van der Waals surface area contributed by atoms with Crippen LogP contribution in [0.1, 0.15) is 54.6 Å². The lowest BCUT2D eigenvalue weighted by atomic mass is 9.99. The summed E-state index contributed by atoms with van der Waals surface area (Å²) in [6.07, 6.45) is 3.25. The van der Waals surface area contributed by atoms with Gasteiger partial charge >= 0.3 is 5.97 Å². The number of aryl methyl sites for hydroxylation is 2. The maximum atomic E-state index is 11.2. The first-order valence-electron chi connectivity index (χ1n) is 6.82. The highest BCUT2D eigenvalue weighted by molar-refractivity contribution is 5.96. The lowest BCUT2D eigenvalue weighted by Crippen LogP contribution is -1.99. The molecule has 3 heteroatoms. The smallest absolute Gasteiger partial charge is 0.335 e. The monoisotopic (exact) mass is 259 g/mol. The van der Waals surface area contributed by atoms with E-state index in [1.807, 2.05) is 13.0 Å². The minimum absolute atomic E-state index is 0.376. The van der Waals surface area contributed by atoms with E-state index in [9.17, 15) is 9.90 Å². The van der Waals surface area contributed by atoms with Gasteiger partial charge in [-0.2, -0.15) is 0 Å². The Balaban J connectivity index is 2.78. The van der Waals surface area contributed by atoms with E-state index in [-0.39, 0.29) is 0 Å². The number of hydrogen-bond acceptors (Lipinski definition) is 1. The molecule has 0 bridgehead atoms. The predicted molar refractivity (Wildman–Crippen MR) is 78.0 cm³/mol. The topological polar surface area (TPSA) is 42.2 Å². The fourth-order valence-electron chi connectivity index (χ4n) is 2.68. The van der Waals surface area contributed by atoms with Crippen LogP contribution in [-0.2, 0) is 6.54 Å². The van der Waals surface area contributed by atoms with Crippen molar-refractivity contribution in [3.63, 3.8) is 0 Å². The van der Waals surface area contributed by atoms with Gasteiger partial charge in [0.05, 0.1) is 11.1 Å². The molecular weight excluding hydrogens is 238 g/mol. The van der Waals surface area contributed by atoms with Crippen LogP contribution >= 0.6 is 0 Å². The van der Waals surface area contributed by atoms with Gasteiger partial charge in [-0.3, -0.25) is 0 Å². The van der Waals surface area contributed by atoms with Gasteiger partial charge in [0.1, 0.15) is 0 Å². The maximum Gasteiger partial charge on any atom is 0.335 e. The van der Waals surface area contributed by atoms with E-state index in [1.54, 1.807) is 6.07 Å². The third kappa shape index (κ3) is 2.37. The van der Waals surface area contributed by atoms with Gasteiger partial charge in [0, 0.05) is 18.1 Å². The molecule has 102 valence electrons. The second-order valence-electron chi connectivity index (χ2n) is 5.43. The van der Waals surface area contributed by atoms with Crippen molar-refractivity contribution in [3.05, 3.63) is 35.0 Å². The standard InChI is InChI=1S/C16H21NO2/c1-5-6-17-9-14(10(2)3)13-8-12(16(18)19)7-11(4)15(13)17/h7-10H,5-6H2,1-4H3,(H,18,19). The van der Waals surface area contributed by atoms with Gasteiger partial charge in [-0.25, -0.2) is 4.79 Å². The number of benzene rings is 1. The molecule has 0 spiro atoms. The number of hydrogen-bond donors (Lipinski definition) is 1. The van der Waals surface area contributed by atoms with E-state index >= 15 is 0 Å². The Morgan fingerprint density at radius 3 is 2.58 bits per heavy atom. The molecule has 0 aliphatic rings. The quantitative estimate of drug-likeness (QED) is 0.895. The number of fused-ring (bicyclic) bond motifs is 1. The largest absolute Gasteiger partial charge is 0.478 e. The average molecular weight is 259 g/mol. The van der Waals surface area contributed by atoms with Crippen molar-refractivity contribution in [2.75, 3.05) is 0 Å². The Kier molecular flexibility index (Phi) is 3.65. The lowest BCUT2D eigenvalue weighted by Gasteiger charge is -2.07. The van der Waals surface area contributed by atoms with E-state index in [0.717, 1.165) is 23.9 Å². The molecule has 0 saturated heterocycles. The van der Waals surface area contributed by atoms with E-state index in [1.165, 1.54) is 11.1 Å². The molecular formula is C16H21NO2. The summed E-state index contributed by atoms with van der Waals surface area (Å²) < 4.78 is 2.26. The van der Waals surface area contributed by atoms with Crippen LogP contribution in [-0.4, -0.2) is 15.6 Å². The van der Waals surface area contributed by atoms with Crippen molar-refractivity contribution >= 4 is 16.9 Å². The molecule has 0 amide bonds. The molecule has 0 fully saturated rings. The Labute approximate surface area is 113 Å². The van der Waals surface area contributed by atoms with Crippen LogP contribution in [0.25, 0.3) is 10.9 Å². The van der Waals surface area contributed by atoms with Crippen molar-refractivity contribution < 1.29 is 9.90 Å². The second-order valence-corrected chi connectivity index (χ2v) is 5.43. The summed E-state index contributed by atoms with van der Waals surface area (Å²) in [5, 5.41) is 10.3. The minimum Gasteiger partial charge on any atom is -0.478 e. The molecule has 0 saturated carbocycles. The van der Waals surface area contributed by atoms with Crippen LogP contribution in [0, 0.1) is 6.92 Å². The van der Waals surface area contributed by atoms with Gasteiger partial charge in [0.2, 0.25) is 0 Å². The van der Waals surface area contributed by atoms with Gasteiger partial charge in [-0.15, -0.1) is 0 Å². The van der Waals surface area contributed by atoms with Gasteiger partial charge < -0.3 is 9.67 Å². The summed E-state index contributed by atoms with van der Waals surface area (Å²) in [6, 6.07) is 3.58. The van der Waals surface area contributed by atoms with Gasteiger partial charge in [0.15, 0.2) is 0 Å². The molecule has 2 aromatic rings. The highest BCUT2D eigenvalue weighted by Gasteiger charge is 2.15. The molecule has 19 heavy (non-hydrogen) atoms. The molecule has 0 radical (unpaired) electrons. The van der Waals surface area contributed by atoms with E-state index in [2.05, 4.69) is 31.5 Å². The van der Waals surface area contributed by atoms with Crippen LogP contribution < -0.4 is 0 Å². The Hall–Kier alpha value is -1.77. The molecule has 2 rings (SSSR count). The van der Waals surface area contributed by atoms with Crippen LogP contribution in [0.5, 0.6) is 0 Å². The zero-order valence-corrected chi connectivity index (χ0v) is 12.0. The van der Waals surface area contributed by atoms with Gasteiger partial charge in [-0.05, 0) is 42.5 Å². The molecule has 3 nitrogen and oxygen atoms in total. The van der Waals surface area contributed by atoms with E-state index in [4.69, 9.17) is 0 Å². The van der Waals surface area contributed by atoms with Crippen LogP contribution in [0.4, 0.5) is 0 Å². The molecule has 1 aromatic heterocycles.